The van der Waals surface area contributed by atoms with Crippen molar-refractivity contribution in [3.05, 3.63) is 0 Å². The first kappa shape index (κ1) is 18.0. The van der Waals surface area contributed by atoms with E-state index in [0.717, 1.165) is 51.4 Å². The van der Waals surface area contributed by atoms with Crippen LogP contribution in [-0.2, 0) is 4.74 Å². The maximum absolute atomic E-state index is 12.6. The smallest absolute Gasteiger partial charge is 0.317 e. The Labute approximate surface area is 147 Å². The lowest BCUT2D eigenvalue weighted by Crippen LogP contribution is -2.52. The number of amides is 2. The van der Waals surface area contributed by atoms with Gasteiger partial charge in [-0.05, 0) is 70.4 Å². The number of urea groups is 1. The molecule has 3 fully saturated rings. The van der Waals surface area contributed by atoms with E-state index in [-0.39, 0.29) is 18.2 Å². The predicted molar refractivity (Wildman–Crippen MR) is 96.1 cm³/mol. The molecule has 0 radical (unpaired) electrons. The summed E-state index contributed by atoms with van der Waals surface area (Å²) in [6.07, 6.45) is 7.44. The third-order valence-corrected chi connectivity index (χ3v) is 6.07. The van der Waals surface area contributed by atoms with Gasteiger partial charge in [-0.1, -0.05) is 6.92 Å². The Hall–Kier alpha value is -0.810. The molecular weight excluding hydrogens is 302 g/mol. The van der Waals surface area contributed by atoms with Gasteiger partial charge in [-0.25, -0.2) is 4.79 Å². The normalized spacial score (nSPS) is 31.2. The van der Waals surface area contributed by atoms with Gasteiger partial charge in [0, 0.05) is 26.2 Å². The second kappa shape index (κ2) is 8.52. The molecule has 0 spiro atoms. The number of hydrogen-bond donors (Lipinski definition) is 1. The van der Waals surface area contributed by atoms with Gasteiger partial charge in [-0.2, -0.15) is 0 Å². The molecule has 0 aromatic heterocycles. The van der Waals surface area contributed by atoms with Gasteiger partial charge in [0.25, 0.3) is 0 Å². The van der Waals surface area contributed by atoms with Crippen LogP contribution in [0.2, 0.25) is 0 Å². The second-order valence-corrected chi connectivity index (χ2v) is 8.23. The minimum Gasteiger partial charge on any atom is -0.376 e. The summed E-state index contributed by atoms with van der Waals surface area (Å²) in [6.45, 7) is 10.7. The number of nitrogens with one attached hydrogen (secondary N) is 1. The van der Waals surface area contributed by atoms with E-state index in [2.05, 4.69) is 24.1 Å². The fraction of sp³-hybridized carbons (Fsp3) is 0.947. The van der Waals surface area contributed by atoms with Gasteiger partial charge < -0.3 is 19.9 Å². The molecule has 0 aromatic rings. The summed E-state index contributed by atoms with van der Waals surface area (Å²) in [6, 6.07) is 0.221. The SMILES string of the molecule is CC1CCN(C[C@@H]2CCCN(C(=O)N[C@H](C)[C@H]3CCCO3)C2)CC1. The van der Waals surface area contributed by atoms with Gasteiger partial charge in [0.2, 0.25) is 0 Å². The van der Waals surface area contributed by atoms with Crippen molar-refractivity contribution in [3.63, 3.8) is 0 Å². The lowest BCUT2D eigenvalue weighted by atomic mass is 9.94. The Bertz CT molecular complexity index is 403. The zero-order valence-electron chi connectivity index (χ0n) is 15.5. The van der Waals surface area contributed by atoms with Crippen molar-refractivity contribution in [2.24, 2.45) is 11.8 Å². The average Bonchev–Trinajstić information content (AvgIpc) is 3.12. The summed E-state index contributed by atoms with van der Waals surface area (Å²) in [4.78, 5) is 17.2. The number of nitrogens with zero attached hydrogens (tertiary/aromatic N) is 2. The van der Waals surface area contributed by atoms with E-state index >= 15 is 0 Å². The summed E-state index contributed by atoms with van der Waals surface area (Å²) in [5.74, 6) is 1.52. The molecule has 3 aliphatic rings. The van der Waals surface area contributed by atoms with Gasteiger partial charge in [0.15, 0.2) is 0 Å². The molecule has 1 N–H and O–H groups in total. The van der Waals surface area contributed by atoms with Crippen molar-refractivity contribution in [3.8, 4) is 0 Å². The Morgan fingerprint density at radius 1 is 1.17 bits per heavy atom. The molecule has 24 heavy (non-hydrogen) atoms. The summed E-state index contributed by atoms with van der Waals surface area (Å²) >= 11 is 0. The van der Waals surface area contributed by atoms with E-state index in [9.17, 15) is 4.79 Å². The van der Waals surface area contributed by atoms with Gasteiger partial charge in [-0.15, -0.1) is 0 Å². The monoisotopic (exact) mass is 337 g/mol. The van der Waals surface area contributed by atoms with E-state index in [4.69, 9.17) is 4.74 Å². The second-order valence-electron chi connectivity index (χ2n) is 8.23. The van der Waals surface area contributed by atoms with Gasteiger partial charge >= 0.3 is 6.03 Å². The van der Waals surface area contributed by atoms with Crippen molar-refractivity contribution >= 4 is 6.03 Å². The van der Waals surface area contributed by atoms with Crippen LogP contribution in [0.4, 0.5) is 4.79 Å². The molecule has 2 amide bonds. The fourth-order valence-electron chi connectivity index (χ4n) is 4.38. The number of rotatable bonds is 4. The molecular formula is C19H35N3O2. The highest BCUT2D eigenvalue weighted by atomic mass is 16.5. The van der Waals surface area contributed by atoms with Crippen molar-refractivity contribution in [2.45, 2.75) is 64.5 Å². The van der Waals surface area contributed by atoms with E-state index < -0.39 is 0 Å². The van der Waals surface area contributed by atoms with Crippen LogP contribution in [0.5, 0.6) is 0 Å². The molecule has 0 unspecified atom stereocenters. The predicted octanol–water partition coefficient (Wildman–Crippen LogP) is 2.71. The molecule has 3 aliphatic heterocycles. The summed E-state index contributed by atoms with van der Waals surface area (Å²) in [7, 11) is 0. The third kappa shape index (κ3) is 4.85. The molecule has 3 saturated heterocycles. The highest BCUT2D eigenvalue weighted by Crippen LogP contribution is 2.22. The first-order chi connectivity index (χ1) is 11.6. The Morgan fingerprint density at radius 2 is 1.96 bits per heavy atom. The average molecular weight is 338 g/mol. The number of likely N-dealkylation sites (tertiary alicyclic amines) is 2. The van der Waals surface area contributed by atoms with E-state index in [1.165, 1.54) is 32.4 Å². The summed E-state index contributed by atoms with van der Waals surface area (Å²) in [5, 5.41) is 3.17. The lowest BCUT2D eigenvalue weighted by Gasteiger charge is -2.38. The van der Waals surface area contributed by atoms with Crippen LogP contribution >= 0.6 is 0 Å². The topological polar surface area (TPSA) is 44.8 Å². The fourth-order valence-corrected chi connectivity index (χ4v) is 4.38. The number of hydrogen-bond acceptors (Lipinski definition) is 3. The standard InChI is InChI=1S/C19H35N3O2/c1-15-7-10-21(11-8-15)13-17-5-3-9-22(14-17)19(23)20-16(2)18-6-4-12-24-18/h15-18H,3-14H2,1-2H3,(H,20,23)/t16-,17+,18-/m1/s1. The molecule has 3 rings (SSSR count). The van der Waals surface area contributed by atoms with Gasteiger partial charge in [-0.3, -0.25) is 0 Å². The number of carbonyl (C=O) groups excluding carboxylic acids is 1. The highest BCUT2D eigenvalue weighted by molar-refractivity contribution is 5.74. The minimum absolute atomic E-state index is 0.106. The maximum atomic E-state index is 12.6. The first-order valence-electron chi connectivity index (χ1n) is 10.0. The molecule has 3 atom stereocenters. The minimum atomic E-state index is 0.106. The Balaban J connectivity index is 1.43. The highest BCUT2D eigenvalue weighted by Gasteiger charge is 2.29. The van der Waals surface area contributed by atoms with Crippen LogP contribution in [0.15, 0.2) is 0 Å². The zero-order valence-corrected chi connectivity index (χ0v) is 15.5. The number of ether oxygens (including phenoxy) is 1. The van der Waals surface area contributed by atoms with Crippen molar-refractivity contribution < 1.29 is 9.53 Å². The van der Waals surface area contributed by atoms with Crippen LogP contribution in [0.1, 0.15) is 52.4 Å². The van der Waals surface area contributed by atoms with Crippen LogP contribution < -0.4 is 5.32 Å². The van der Waals surface area contributed by atoms with Crippen molar-refractivity contribution in [1.29, 1.82) is 0 Å². The van der Waals surface area contributed by atoms with Gasteiger partial charge in [0.1, 0.15) is 0 Å². The van der Waals surface area contributed by atoms with Crippen molar-refractivity contribution in [2.75, 3.05) is 39.3 Å². The molecule has 5 heteroatoms. The van der Waals surface area contributed by atoms with Crippen LogP contribution in [0.25, 0.3) is 0 Å². The Morgan fingerprint density at radius 3 is 2.67 bits per heavy atom. The van der Waals surface area contributed by atoms with E-state index in [0.29, 0.717) is 5.92 Å². The van der Waals surface area contributed by atoms with E-state index in [1.54, 1.807) is 0 Å². The molecule has 5 nitrogen and oxygen atoms in total. The van der Waals surface area contributed by atoms with Crippen LogP contribution in [-0.4, -0.2) is 67.3 Å². The summed E-state index contributed by atoms with van der Waals surface area (Å²) in [5.41, 5.74) is 0. The molecule has 0 aromatic carbocycles. The molecule has 0 saturated carbocycles. The number of piperidine rings is 2. The molecule has 0 aliphatic carbocycles. The number of carbonyl (C=O) groups is 1. The van der Waals surface area contributed by atoms with Crippen LogP contribution in [0, 0.1) is 11.8 Å². The first-order valence-corrected chi connectivity index (χ1v) is 10.0. The third-order valence-electron chi connectivity index (χ3n) is 6.07. The van der Waals surface area contributed by atoms with E-state index in [1.807, 2.05) is 4.90 Å². The largest absolute Gasteiger partial charge is 0.376 e. The Kier molecular flexibility index (Phi) is 6.39. The summed E-state index contributed by atoms with van der Waals surface area (Å²) < 4.78 is 5.69. The van der Waals surface area contributed by atoms with Crippen LogP contribution in [0.3, 0.4) is 0 Å². The lowest BCUT2D eigenvalue weighted by molar-refractivity contribution is 0.0796. The van der Waals surface area contributed by atoms with Crippen molar-refractivity contribution in [1.82, 2.24) is 15.1 Å². The maximum Gasteiger partial charge on any atom is 0.317 e. The van der Waals surface area contributed by atoms with Gasteiger partial charge in [0.05, 0.1) is 12.1 Å². The molecule has 3 heterocycles. The molecule has 0 bridgehead atoms. The quantitative estimate of drug-likeness (QED) is 0.858. The molecule has 138 valence electrons. The zero-order chi connectivity index (χ0) is 16.9.